The highest BCUT2D eigenvalue weighted by Gasteiger charge is 2.13. The quantitative estimate of drug-likeness (QED) is 0.787. The zero-order valence-electron chi connectivity index (χ0n) is 13.9. The van der Waals surface area contributed by atoms with Crippen molar-refractivity contribution < 1.29 is 9.53 Å². The van der Waals surface area contributed by atoms with Crippen LogP contribution in [0.1, 0.15) is 13.8 Å². The van der Waals surface area contributed by atoms with Crippen LogP contribution < -0.4 is 10.1 Å². The molecule has 2 rings (SSSR count). The second-order valence-electron chi connectivity index (χ2n) is 5.58. The first-order valence-electron chi connectivity index (χ1n) is 7.44. The fourth-order valence-corrected chi connectivity index (χ4v) is 2.67. The number of ether oxygens (including phenoxy) is 1. The van der Waals surface area contributed by atoms with Gasteiger partial charge in [0, 0.05) is 19.2 Å². The van der Waals surface area contributed by atoms with Gasteiger partial charge in [-0.25, -0.2) is 0 Å². The number of thioether (sulfide) groups is 1. The molecule has 2 aromatic rings. The Morgan fingerprint density at radius 2 is 2.00 bits per heavy atom. The van der Waals surface area contributed by atoms with Crippen molar-refractivity contribution in [2.45, 2.75) is 19.0 Å². The van der Waals surface area contributed by atoms with Gasteiger partial charge in [-0.05, 0) is 30.2 Å². The minimum Gasteiger partial charge on any atom is -0.497 e. The molecule has 1 heterocycles. The Labute approximate surface area is 140 Å². The summed E-state index contributed by atoms with van der Waals surface area (Å²) in [4.78, 5) is 11.8. The lowest BCUT2D eigenvalue weighted by molar-refractivity contribution is -0.118. The molecule has 0 radical (unpaired) electrons. The Morgan fingerprint density at radius 1 is 1.30 bits per heavy atom. The first-order chi connectivity index (χ1) is 11.0. The summed E-state index contributed by atoms with van der Waals surface area (Å²) in [5, 5.41) is 12.0. The summed E-state index contributed by atoms with van der Waals surface area (Å²) in [5.41, 5.74) is 0.955. The van der Waals surface area contributed by atoms with Crippen molar-refractivity contribution in [1.82, 2.24) is 20.1 Å². The molecule has 0 atom stereocenters. The van der Waals surface area contributed by atoms with E-state index in [2.05, 4.69) is 29.4 Å². The Bertz CT molecular complexity index is 653. The number of carbonyl (C=O) groups is 1. The van der Waals surface area contributed by atoms with Gasteiger partial charge in [0.2, 0.25) is 5.91 Å². The average Bonchev–Trinajstić information content (AvgIpc) is 2.92. The van der Waals surface area contributed by atoms with Crippen molar-refractivity contribution in [3.8, 4) is 17.1 Å². The number of hydrogen-bond acceptors (Lipinski definition) is 5. The first kappa shape index (κ1) is 17.3. The molecule has 1 aromatic carbocycles. The van der Waals surface area contributed by atoms with Crippen LogP contribution >= 0.6 is 11.8 Å². The third kappa shape index (κ3) is 4.72. The summed E-state index contributed by atoms with van der Waals surface area (Å²) in [6.07, 6.45) is 0. The van der Waals surface area contributed by atoms with E-state index < -0.39 is 0 Å². The van der Waals surface area contributed by atoms with Crippen LogP contribution in [0.25, 0.3) is 11.4 Å². The molecule has 0 bridgehead atoms. The van der Waals surface area contributed by atoms with E-state index >= 15 is 0 Å². The highest BCUT2D eigenvalue weighted by Crippen LogP contribution is 2.24. The van der Waals surface area contributed by atoms with Crippen molar-refractivity contribution in [1.29, 1.82) is 0 Å². The maximum absolute atomic E-state index is 11.8. The Hall–Kier alpha value is -2.02. The van der Waals surface area contributed by atoms with E-state index in [1.165, 1.54) is 11.8 Å². The van der Waals surface area contributed by atoms with E-state index in [9.17, 15) is 4.79 Å². The smallest absolute Gasteiger partial charge is 0.230 e. The van der Waals surface area contributed by atoms with Crippen molar-refractivity contribution in [3.05, 3.63) is 24.3 Å². The molecule has 0 aliphatic carbocycles. The number of amides is 1. The molecule has 1 N–H and O–H groups in total. The highest BCUT2D eigenvalue weighted by atomic mass is 32.2. The topological polar surface area (TPSA) is 69.0 Å². The number of methoxy groups -OCH3 is 1. The second-order valence-corrected chi connectivity index (χ2v) is 6.52. The summed E-state index contributed by atoms with van der Waals surface area (Å²) in [6, 6.07) is 7.64. The van der Waals surface area contributed by atoms with Gasteiger partial charge in [-0.1, -0.05) is 25.6 Å². The molecule has 7 heteroatoms. The van der Waals surface area contributed by atoms with Gasteiger partial charge in [0.05, 0.1) is 12.9 Å². The normalized spacial score (nSPS) is 10.8. The van der Waals surface area contributed by atoms with Gasteiger partial charge < -0.3 is 14.6 Å². The molecule has 0 spiro atoms. The number of carbonyl (C=O) groups excluding carboxylic acids is 1. The summed E-state index contributed by atoms with van der Waals surface area (Å²) < 4.78 is 7.04. The molecule has 124 valence electrons. The molecule has 0 aliphatic heterocycles. The van der Waals surface area contributed by atoms with E-state index in [-0.39, 0.29) is 5.91 Å². The van der Waals surface area contributed by atoms with Gasteiger partial charge in [0.25, 0.3) is 0 Å². The van der Waals surface area contributed by atoms with Gasteiger partial charge in [-0.15, -0.1) is 10.2 Å². The summed E-state index contributed by atoms with van der Waals surface area (Å²) in [5.74, 6) is 2.35. The molecule has 23 heavy (non-hydrogen) atoms. The molecule has 1 aromatic heterocycles. The molecule has 0 saturated carbocycles. The van der Waals surface area contributed by atoms with Gasteiger partial charge in [-0.2, -0.15) is 0 Å². The predicted octanol–water partition coefficient (Wildman–Crippen LogP) is 2.36. The van der Waals surface area contributed by atoms with Crippen LogP contribution in [0, 0.1) is 5.92 Å². The van der Waals surface area contributed by atoms with Crippen molar-refractivity contribution >= 4 is 17.7 Å². The van der Waals surface area contributed by atoms with Crippen LogP contribution in [0.2, 0.25) is 0 Å². The van der Waals surface area contributed by atoms with Crippen LogP contribution in [0.15, 0.2) is 29.4 Å². The van der Waals surface area contributed by atoms with E-state index in [1.807, 2.05) is 35.9 Å². The first-order valence-corrected chi connectivity index (χ1v) is 8.43. The standard InChI is InChI=1S/C16H22N4O2S/c1-11(2)9-17-14(21)10-23-16-19-18-15(20(16)3)12-5-7-13(22-4)8-6-12/h5-8,11H,9-10H2,1-4H3,(H,17,21). The van der Waals surface area contributed by atoms with Gasteiger partial charge in [0.1, 0.15) is 5.75 Å². The van der Waals surface area contributed by atoms with Gasteiger partial charge >= 0.3 is 0 Å². The van der Waals surface area contributed by atoms with Crippen LogP contribution in [0.5, 0.6) is 5.75 Å². The predicted molar refractivity (Wildman–Crippen MR) is 91.6 cm³/mol. The third-order valence-corrected chi connectivity index (χ3v) is 4.24. The highest BCUT2D eigenvalue weighted by molar-refractivity contribution is 7.99. The zero-order chi connectivity index (χ0) is 16.8. The van der Waals surface area contributed by atoms with Crippen molar-refractivity contribution in [2.75, 3.05) is 19.4 Å². The average molecular weight is 334 g/mol. The van der Waals surface area contributed by atoms with Crippen LogP contribution in [-0.4, -0.2) is 40.1 Å². The van der Waals surface area contributed by atoms with E-state index in [1.54, 1.807) is 7.11 Å². The molecule has 6 nitrogen and oxygen atoms in total. The second kappa shape index (κ2) is 8.01. The molecule has 0 aliphatic rings. The van der Waals surface area contributed by atoms with Gasteiger partial charge in [0.15, 0.2) is 11.0 Å². The number of nitrogens with one attached hydrogen (secondary N) is 1. The monoisotopic (exact) mass is 334 g/mol. The largest absolute Gasteiger partial charge is 0.497 e. The zero-order valence-corrected chi connectivity index (χ0v) is 14.7. The van der Waals surface area contributed by atoms with E-state index in [4.69, 9.17) is 4.74 Å². The van der Waals surface area contributed by atoms with E-state index in [0.29, 0.717) is 18.2 Å². The van der Waals surface area contributed by atoms with Crippen molar-refractivity contribution in [2.24, 2.45) is 13.0 Å². The van der Waals surface area contributed by atoms with Crippen LogP contribution in [0.3, 0.4) is 0 Å². The van der Waals surface area contributed by atoms with Crippen LogP contribution in [-0.2, 0) is 11.8 Å². The maximum atomic E-state index is 11.8. The lowest BCUT2D eigenvalue weighted by Gasteiger charge is -2.07. The molecule has 0 saturated heterocycles. The fourth-order valence-electron chi connectivity index (χ4n) is 1.93. The number of aromatic nitrogens is 3. The van der Waals surface area contributed by atoms with Crippen LogP contribution in [0.4, 0.5) is 0 Å². The Kier molecular flexibility index (Phi) is 6.04. The molecule has 1 amide bonds. The SMILES string of the molecule is COc1ccc(-c2nnc(SCC(=O)NCC(C)C)n2C)cc1. The Balaban J connectivity index is 2.00. The van der Waals surface area contributed by atoms with Gasteiger partial charge in [-0.3, -0.25) is 4.79 Å². The lowest BCUT2D eigenvalue weighted by atomic mass is 10.2. The minimum absolute atomic E-state index is 0.0118. The summed E-state index contributed by atoms with van der Waals surface area (Å²) in [6.45, 7) is 4.82. The number of benzene rings is 1. The number of rotatable bonds is 7. The Morgan fingerprint density at radius 3 is 2.61 bits per heavy atom. The van der Waals surface area contributed by atoms with Crippen molar-refractivity contribution in [3.63, 3.8) is 0 Å². The summed E-state index contributed by atoms with van der Waals surface area (Å²) in [7, 11) is 3.53. The molecule has 0 fully saturated rings. The number of nitrogens with zero attached hydrogens (tertiary/aromatic N) is 3. The number of hydrogen-bond donors (Lipinski definition) is 1. The molecule has 0 unspecified atom stereocenters. The molecular weight excluding hydrogens is 312 g/mol. The third-order valence-electron chi connectivity index (χ3n) is 3.22. The maximum Gasteiger partial charge on any atom is 0.230 e. The lowest BCUT2D eigenvalue weighted by Crippen LogP contribution is -2.28. The fraction of sp³-hybridized carbons (Fsp3) is 0.438. The molecular formula is C16H22N4O2S. The van der Waals surface area contributed by atoms with E-state index in [0.717, 1.165) is 22.3 Å². The minimum atomic E-state index is 0.0118. The summed E-state index contributed by atoms with van der Waals surface area (Å²) >= 11 is 1.38.